The molecule has 1 aliphatic heterocycles. The van der Waals surface area contributed by atoms with Crippen molar-refractivity contribution in [3.63, 3.8) is 0 Å². The Bertz CT molecular complexity index is 1370. The SMILES string of the molecule is CCOC(=O)C[C@@H]([C@@H](c1ccc(OCc2ccccc2)c(OC)c1)S(=O)(=O)c1ccccc1)[C@H]1COC(C)(C)O1. The minimum Gasteiger partial charge on any atom is -0.493 e. The van der Waals surface area contributed by atoms with Gasteiger partial charge in [0.2, 0.25) is 0 Å². The van der Waals surface area contributed by atoms with Crippen molar-refractivity contribution in [2.24, 2.45) is 5.92 Å². The average Bonchev–Trinajstić information content (AvgIpc) is 3.32. The summed E-state index contributed by atoms with van der Waals surface area (Å²) in [7, 11) is -2.52. The number of ether oxygens (including phenoxy) is 5. The highest BCUT2D eigenvalue weighted by Gasteiger charge is 2.47. The molecule has 1 saturated heterocycles. The number of benzene rings is 3. The lowest BCUT2D eigenvalue weighted by molar-refractivity contribution is -0.153. The Balaban J connectivity index is 1.79. The lowest BCUT2D eigenvalue weighted by Gasteiger charge is -2.31. The van der Waals surface area contributed by atoms with Crippen LogP contribution in [-0.4, -0.2) is 46.6 Å². The first-order valence-electron chi connectivity index (χ1n) is 13.3. The maximum atomic E-state index is 14.3. The number of carbonyl (C=O) groups is 1. The lowest BCUT2D eigenvalue weighted by atomic mass is 9.90. The highest BCUT2D eigenvalue weighted by molar-refractivity contribution is 7.91. The number of methoxy groups -OCH3 is 1. The quantitative estimate of drug-likeness (QED) is 0.264. The van der Waals surface area contributed by atoms with Crippen LogP contribution in [-0.2, 0) is 35.4 Å². The summed E-state index contributed by atoms with van der Waals surface area (Å²) in [4.78, 5) is 12.9. The molecule has 3 aromatic rings. The average molecular weight is 569 g/mol. The lowest BCUT2D eigenvalue weighted by Crippen LogP contribution is -2.36. The van der Waals surface area contributed by atoms with Gasteiger partial charge in [-0.1, -0.05) is 54.6 Å². The Morgan fingerprint density at radius 2 is 1.68 bits per heavy atom. The second-order valence-corrected chi connectivity index (χ2v) is 12.1. The summed E-state index contributed by atoms with van der Waals surface area (Å²) in [6.07, 6.45) is -0.855. The van der Waals surface area contributed by atoms with Crippen LogP contribution in [0.5, 0.6) is 11.5 Å². The van der Waals surface area contributed by atoms with Gasteiger partial charge in [0.1, 0.15) is 6.61 Å². The molecule has 4 rings (SSSR count). The van der Waals surface area contributed by atoms with Crippen LogP contribution in [0.15, 0.2) is 83.8 Å². The Morgan fingerprint density at radius 3 is 2.27 bits per heavy atom. The van der Waals surface area contributed by atoms with E-state index in [0.29, 0.717) is 23.7 Å². The van der Waals surface area contributed by atoms with E-state index in [4.69, 9.17) is 23.7 Å². The van der Waals surface area contributed by atoms with Gasteiger partial charge in [-0.2, -0.15) is 0 Å². The van der Waals surface area contributed by atoms with Gasteiger partial charge in [-0.25, -0.2) is 8.42 Å². The van der Waals surface area contributed by atoms with Gasteiger partial charge in [-0.3, -0.25) is 4.79 Å². The third kappa shape index (κ3) is 7.02. The van der Waals surface area contributed by atoms with Gasteiger partial charge in [-0.05, 0) is 56.2 Å². The van der Waals surface area contributed by atoms with Gasteiger partial charge in [0.05, 0.1) is 43.0 Å². The molecular formula is C31H36O8S. The van der Waals surface area contributed by atoms with E-state index < -0.39 is 38.9 Å². The van der Waals surface area contributed by atoms with Gasteiger partial charge in [0.15, 0.2) is 27.1 Å². The third-order valence-corrected chi connectivity index (χ3v) is 8.98. The van der Waals surface area contributed by atoms with Crippen LogP contribution in [0.1, 0.15) is 43.6 Å². The molecule has 0 N–H and O–H groups in total. The zero-order valence-corrected chi connectivity index (χ0v) is 24.1. The second-order valence-electron chi connectivity index (χ2n) is 10.0. The molecule has 214 valence electrons. The molecule has 3 atom stereocenters. The van der Waals surface area contributed by atoms with Crippen LogP contribution in [0.3, 0.4) is 0 Å². The highest BCUT2D eigenvalue weighted by Crippen LogP contribution is 2.44. The molecule has 40 heavy (non-hydrogen) atoms. The van der Waals surface area contributed by atoms with Crippen molar-refractivity contribution in [3.05, 3.63) is 90.0 Å². The molecule has 1 aliphatic rings. The number of carbonyl (C=O) groups excluding carboxylic acids is 1. The van der Waals surface area contributed by atoms with Crippen LogP contribution >= 0.6 is 0 Å². The molecule has 8 nitrogen and oxygen atoms in total. The fourth-order valence-corrected chi connectivity index (χ4v) is 6.97. The molecule has 0 unspecified atom stereocenters. The Morgan fingerprint density at radius 1 is 1.00 bits per heavy atom. The fourth-order valence-electron chi connectivity index (χ4n) is 4.90. The summed E-state index contributed by atoms with van der Waals surface area (Å²) in [5, 5.41) is -1.17. The summed E-state index contributed by atoms with van der Waals surface area (Å²) in [5.41, 5.74) is 1.42. The first kappa shape index (κ1) is 29.6. The summed E-state index contributed by atoms with van der Waals surface area (Å²) in [6.45, 7) is 5.86. The largest absolute Gasteiger partial charge is 0.493 e. The van der Waals surface area contributed by atoms with Gasteiger partial charge in [0.25, 0.3) is 0 Å². The molecule has 0 saturated carbocycles. The molecule has 3 aromatic carbocycles. The van der Waals surface area contributed by atoms with Crippen LogP contribution in [0.2, 0.25) is 0 Å². The minimum absolute atomic E-state index is 0.132. The zero-order chi connectivity index (χ0) is 28.8. The topological polar surface area (TPSA) is 97.4 Å². The van der Waals surface area contributed by atoms with Crippen molar-refractivity contribution >= 4 is 15.8 Å². The van der Waals surface area contributed by atoms with Crippen LogP contribution in [0.25, 0.3) is 0 Å². The van der Waals surface area contributed by atoms with E-state index in [2.05, 4.69) is 0 Å². The predicted molar refractivity (Wildman–Crippen MR) is 150 cm³/mol. The summed E-state index contributed by atoms with van der Waals surface area (Å²) in [5.74, 6) is -1.41. The molecule has 1 heterocycles. The molecule has 0 amide bonds. The molecule has 1 fully saturated rings. The van der Waals surface area contributed by atoms with Crippen LogP contribution < -0.4 is 9.47 Å². The minimum atomic E-state index is -4.02. The predicted octanol–water partition coefficient (Wildman–Crippen LogP) is 5.51. The molecule has 0 spiro atoms. The number of hydrogen-bond donors (Lipinski definition) is 0. The molecule has 0 bridgehead atoms. The van der Waals surface area contributed by atoms with Crippen molar-refractivity contribution in [2.45, 2.75) is 55.8 Å². The molecular weight excluding hydrogens is 532 g/mol. The number of esters is 1. The van der Waals surface area contributed by atoms with Gasteiger partial charge in [0, 0.05) is 5.92 Å². The monoisotopic (exact) mass is 568 g/mol. The summed E-state index contributed by atoms with van der Waals surface area (Å²) < 4.78 is 57.5. The number of sulfone groups is 1. The van der Waals surface area contributed by atoms with E-state index in [-0.39, 0.29) is 24.5 Å². The first-order chi connectivity index (χ1) is 19.1. The van der Waals surface area contributed by atoms with E-state index in [1.165, 1.54) is 7.11 Å². The van der Waals surface area contributed by atoms with Crippen LogP contribution in [0, 0.1) is 5.92 Å². The van der Waals surface area contributed by atoms with E-state index >= 15 is 0 Å². The highest BCUT2D eigenvalue weighted by atomic mass is 32.2. The Hall–Kier alpha value is -3.40. The maximum absolute atomic E-state index is 14.3. The van der Waals surface area contributed by atoms with Crippen LogP contribution in [0.4, 0.5) is 0 Å². The zero-order valence-electron chi connectivity index (χ0n) is 23.2. The van der Waals surface area contributed by atoms with E-state index in [1.54, 1.807) is 69.3 Å². The molecule has 0 radical (unpaired) electrons. The Kier molecular flexibility index (Phi) is 9.50. The van der Waals surface area contributed by atoms with Crippen molar-refractivity contribution in [2.75, 3.05) is 20.3 Å². The number of hydrogen-bond acceptors (Lipinski definition) is 8. The Labute approximate surface area is 236 Å². The second kappa shape index (κ2) is 12.8. The summed E-state index contributed by atoms with van der Waals surface area (Å²) >= 11 is 0. The van der Waals surface area contributed by atoms with Crippen molar-refractivity contribution < 1.29 is 36.9 Å². The standard InChI is InChI=1S/C31H36O8S/c1-5-36-29(32)19-25(28-21-38-31(2,3)39-28)30(40(33,34)24-14-10-7-11-15-24)23-16-17-26(27(18-23)35-4)37-20-22-12-8-6-9-13-22/h6-18,25,28,30H,5,19-21H2,1-4H3/t25-,28-,30-/m1/s1. The first-order valence-corrected chi connectivity index (χ1v) is 14.8. The maximum Gasteiger partial charge on any atom is 0.306 e. The summed E-state index contributed by atoms with van der Waals surface area (Å²) in [6, 6.07) is 22.9. The fraction of sp³-hybridized carbons (Fsp3) is 0.387. The van der Waals surface area contributed by atoms with E-state index in [9.17, 15) is 13.2 Å². The number of rotatable bonds is 12. The van der Waals surface area contributed by atoms with Crippen molar-refractivity contribution in [3.8, 4) is 11.5 Å². The molecule has 0 aliphatic carbocycles. The smallest absolute Gasteiger partial charge is 0.306 e. The third-order valence-electron chi connectivity index (χ3n) is 6.76. The normalized spacial score (nSPS) is 18.1. The van der Waals surface area contributed by atoms with Gasteiger partial charge >= 0.3 is 5.97 Å². The van der Waals surface area contributed by atoms with Crippen molar-refractivity contribution in [1.29, 1.82) is 0 Å². The van der Waals surface area contributed by atoms with E-state index in [0.717, 1.165) is 5.56 Å². The van der Waals surface area contributed by atoms with Gasteiger partial charge in [-0.15, -0.1) is 0 Å². The van der Waals surface area contributed by atoms with Crippen molar-refractivity contribution in [1.82, 2.24) is 0 Å². The van der Waals surface area contributed by atoms with E-state index in [1.807, 2.05) is 30.3 Å². The van der Waals surface area contributed by atoms with Gasteiger partial charge < -0.3 is 23.7 Å². The molecule has 9 heteroatoms. The molecule has 0 aromatic heterocycles.